The minimum Gasteiger partial charge on any atom is -0.325 e. The van der Waals surface area contributed by atoms with Crippen LogP contribution in [-0.2, 0) is 14.8 Å². The minimum atomic E-state index is -3.83. The topological polar surface area (TPSA) is 69.7 Å². The molecule has 30 heavy (non-hydrogen) atoms. The number of benzene rings is 2. The molecule has 3 rings (SSSR count). The van der Waals surface area contributed by atoms with E-state index < -0.39 is 33.6 Å². The number of carbonyl (C=O) groups is 1. The number of rotatable bonds is 5. The van der Waals surface area contributed by atoms with Gasteiger partial charge < -0.3 is 5.32 Å². The molecule has 0 radical (unpaired) electrons. The molecule has 2 aromatic rings. The molecule has 1 heterocycles. The SMILES string of the molecule is CC(C(=O)Nc1ccc(F)c(F)c1)N1CCN(S(=O)(=O)c2cccc(Cl)c2Cl)CC1. The third-order valence-electron chi connectivity index (χ3n) is 4.92. The maximum absolute atomic E-state index is 13.3. The third kappa shape index (κ3) is 4.76. The number of nitrogens with one attached hydrogen (secondary N) is 1. The average molecular weight is 478 g/mol. The summed E-state index contributed by atoms with van der Waals surface area (Å²) in [4.78, 5) is 14.2. The molecule has 0 bridgehead atoms. The number of anilines is 1. The van der Waals surface area contributed by atoms with Gasteiger partial charge in [0.25, 0.3) is 0 Å². The summed E-state index contributed by atoms with van der Waals surface area (Å²) in [7, 11) is -3.83. The van der Waals surface area contributed by atoms with E-state index in [4.69, 9.17) is 23.2 Å². The monoisotopic (exact) mass is 477 g/mol. The molecule has 0 saturated carbocycles. The van der Waals surface area contributed by atoms with Crippen LogP contribution < -0.4 is 5.32 Å². The molecule has 2 aromatic carbocycles. The first-order valence-electron chi connectivity index (χ1n) is 9.05. The maximum Gasteiger partial charge on any atom is 0.244 e. The van der Waals surface area contributed by atoms with E-state index in [0.29, 0.717) is 13.1 Å². The fourth-order valence-corrected chi connectivity index (χ4v) is 5.30. The first kappa shape index (κ1) is 22.9. The summed E-state index contributed by atoms with van der Waals surface area (Å²) in [5, 5.41) is 2.66. The molecular weight excluding hydrogens is 459 g/mol. The van der Waals surface area contributed by atoms with E-state index in [-0.39, 0.29) is 33.7 Å². The Morgan fingerprint density at radius 1 is 1.07 bits per heavy atom. The third-order valence-corrected chi connectivity index (χ3v) is 7.79. The van der Waals surface area contributed by atoms with E-state index in [2.05, 4.69) is 5.32 Å². The van der Waals surface area contributed by atoms with Crippen molar-refractivity contribution >= 4 is 44.8 Å². The van der Waals surface area contributed by atoms with Crippen molar-refractivity contribution in [3.05, 3.63) is 58.1 Å². The summed E-state index contributed by atoms with van der Waals surface area (Å²) < 4.78 is 53.4. The molecule has 0 spiro atoms. The van der Waals surface area contributed by atoms with Crippen molar-refractivity contribution in [2.45, 2.75) is 17.9 Å². The average Bonchev–Trinajstić information content (AvgIpc) is 2.72. The van der Waals surface area contributed by atoms with Gasteiger partial charge in [-0.3, -0.25) is 9.69 Å². The van der Waals surface area contributed by atoms with E-state index in [1.54, 1.807) is 11.8 Å². The van der Waals surface area contributed by atoms with Crippen molar-refractivity contribution in [2.24, 2.45) is 0 Å². The number of carbonyl (C=O) groups excluding carboxylic acids is 1. The lowest BCUT2D eigenvalue weighted by atomic mass is 10.2. The molecule has 6 nitrogen and oxygen atoms in total. The number of sulfonamides is 1. The van der Waals surface area contributed by atoms with Crippen LogP contribution in [0.5, 0.6) is 0 Å². The first-order valence-corrected chi connectivity index (χ1v) is 11.2. The Kier molecular flexibility index (Phi) is 6.98. The van der Waals surface area contributed by atoms with Crippen LogP contribution in [-0.4, -0.2) is 55.8 Å². The quantitative estimate of drug-likeness (QED) is 0.713. The lowest BCUT2D eigenvalue weighted by molar-refractivity contribution is -0.121. The molecule has 1 N–H and O–H groups in total. The zero-order valence-corrected chi connectivity index (χ0v) is 18.2. The van der Waals surface area contributed by atoms with Crippen LogP contribution in [0.4, 0.5) is 14.5 Å². The number of halogens is 4. The standard InChI is InChI=1S/C19H19Cl2F2N3O3S/c1-12(19(27)24-13-5-6-15(22)16(23)11-13)25-7-9-26(10-8-25)30(28,29)17-4-2-3-14(20)18(17)21/h2-6,11-12H,7-10H2,1H3,(H,24,27). The van der Waals surface area contributed by atoms with Gasteiger partial charge >= 0.3 is 0 Å². The molecular formula is C19H19Cl2F2N3O3S. The van der Waals surface area contributed by atoms with Crippen molar-refractivity contribution in [1.29, 1.82) is 0 Å². The second-order valence-corrected chi connectivity index (χ2v) is 9.48. The van der Waals surface area contributed by atoms with Gasteiger partial charge in [-0.05, 0) is 31.2 Å². The summed E-state index contributed by atoms with van der Waals surface area (Å²) in [6.07, 6.45) is 0. The van der Waals surface area contributed by atoms with Gasteiger partial charge in [-0.2, -0.15) is 4.31 Å². The van der Waals surface area contributed by atoms with E-state index in [1.807, 2.05) is 0 Å². The van der Waals surface area contributed by atoms with Crippen LogP contribution >= 0.6 is 23.2 Å². The van der Waals surface area contributed by atoms with Crippen molar-refractivity contribution in [3.63, 3.8) is 0 Å². The van der Waals surface area contributed by atoms with Gasteiger partial charge in [-0.1, -0.05) is 29.3 Å². The summed E-state index contributed by atoms with van der Waals surface area (Å²) in [6.45, 7) is 2.60. The fourth-order valence-electron chi connectivity index (χ4n) is 3.14. The van der Waals surface area contributed by atoms with Gasteiger partial charge in [0.1, 0.15) is 4.90 Å². The van der Waals surface area contributed by atoms with Crippen LogP contribution in [0.1, 0.15) is 6.92 Å². The van der Waals surface area contributed by atoms with Crippen LogP contribution in [0.3, 0.4) is 0 Å². The zero-order valence-electron chi connectivity index (χ0n) is 15.9. The molecule has 1 atom stereocenters. The lowest BCUT2D eigenvalue weighted by Gasteiger charge is -2.36. The maximum atomic E-state index is 13.3. The number of amides is 1. The number of piperazine rings is 1. The molecule has 1 fully saturated rings. The Hall–Kier alpha value is -1.78. The summed E-state index contributed by atoms with van der Waals surface area (Å²) in [5.74, 6) is -2.47. The van der Waals surface area contributed by atoms with Crippen LogP contribution in [0, 0.1) is 11.6 Å². The summed E-state index contributed by atoms with van der Waals surface area (Å²) in [6, 6.07) is 6.92. The predicted octanol–water partition coefficient (Wildman–Crippen LogP) is 3.61. The second-order valence-electron chi connectivity index (χ2n) is 6.79. The molecule has 0 aromatic heterocycles. The highest BCUT2D eigenvalue weighted by atomic mass is 35.5. The second kappa shape index (κ2) is 9.15. The van der Waals surface area contributed by atoms with Gasteiger partial charge in [0.05, 0.1) is 16.1 Å². The summed E-state index contributed by atoms with van der Waals surface area (Å²) >= 11 is 12.0. The van der Waals surface area contributed by atoms with Crippen LogP contribution in [0.25, 0.3) is 0 Å². The molecule has 162 valence electrons. The Morgan fingerprint density at radius 2 is 1.73 bits per heavy atom. The van der Waals surface area contributed by atoms with Crippen LogP contribution in [0.2, 0.25) is 10.0 Å². The molecule has 1 amide bonds. The Bertz CT molecular complexity index is 1060. The summed E-state index contributed by atoms with van der Waals surface area (Å²) in [5.41, 5.74) is 0.141. The molecule has 1 aliphatic rings. The Labute approximate surface area is 183 Å². The Balaban J connectivity index is 1.63. The number of hydrogen-bond acceptors (Lipinski definition) is 4. The molecule has 1 saturated heterocycles. The smallest absolute Gasteiger partial charge is 0.244 e. The minimum absolute atomic E-state index is 0.0270. The molecule has 1 unspecified atom stereocenters. The molecule has 11 heteroatoms. The van der Waals surface area contributed by atoms with Gasteiger partial charge in [-0.15, -0.1) is 0 Å². The van der Waals surface area contributed by atoms with E-state index >= 15 is 0 Å². The fraction of sp³-hybridized carbons (Fsp3) is 0.316. The first-order chi connectivity index (χ1) is 14.1. The normalized spacial score (nSPS) is 17.0. The van der Waals surface area contributed by atoms with Gasteiger partial charge in [-0.25, -0.2) is 17.2 Å². The van der Waals surface area contributed by atoms with E-state index in [9.17, 15) is 22.0 Å². The highest BCUT2D eigenvalue weighted by molar-refractivity contribution is 7.89. The van der Waals surface area contributed by atoms with Crippen LogP contribution in [0.15, 0.2) is 41.3 Å². The van der Waals surface area contributed by atoms with Crippen molar-refractivity contribution in [3.8, 4) is 0 Å². The highest BCUT2D eigenvalue weighted by Gasteiger charge is 2.33. The van der Waals surface area contributed by atoms with Crippen molar-refractivity contribution in [1.82, 2.24) is 9.21 Å². The number of hydrogen-bond donors (Lipinski definition) is 1. The lowest BCUT2D eigenvalue weighted by Crippen LogP contribution is -2.53. The highest BCUT2D eigenvalue weighted by Crippen LogP contribution is 2.31. The van der Waals surface area contributed by atoms with Gasteiger partial charge in [0.2, 0.25) is 15.9 Å². The van der Waals surface area contributed by atoms with Crippen molar-refractivity contribution < 1.29 is 22.0 Å². The van der Waals surface area contributed by atoms with E-state index in [0.717, 1.165) is 12.1 Å². The number of nitrogens with zero attached hydrogens (tertiary/aromatic N) is 2. The van der Waals surface area contributed by atoms with E-state index in [1.165, 1.54) is 28.6 Å². The molecule has 0 aliphatic carbocycles. The predicted molar refractivity (Wildman–Crippen MR) is 111 cm³/mol. The molecule has 1 aliphatic heterocycles. The van der Waals surface area contributed by atoms with Gasteiger partial charge in [0.15, 0.2) is 11.6 Å². The van der Waals surface area contributed by atoms with Crippen molar-refractivity contribution in [2.75, 3.05) is 31.5 Å². The largest absolute Gasteiger partial charge is 0.325 e. The van der Waals surface area contributed by atoms with Gasteiger partial charge in [0, 0.05) is 37.9 Å². The zero-order chi connectivity index (χ0) is 22.1. The Morgan fingerprint density at radius 3 is 2.37 bits per heavy atom.